The Hall–Kier alpha value is -1.33. The number of para-hydroxylation sites is 2. The van der Waals surface area contributed by atoms with Crippen LogP contribution in [0.15, 0.2) is 24.3 Å². The van der Waals surface area contributed by atoms with Crippen molar-refractivity contribution in [2.24, 2.45) is 0 Å². The molecule has 0 unspecified atom stereocenters. The summed E-state index contributed by atoms with van der Waals surface area (Å²) in [6.07, 6.45) is -1.88. The zero-order chi connectivity index (χ0) is 20.8. The number of piperazine rings is 1. The van der Waals surface area contributed by atoms with Crippen LogP contribution in [-0.4, -0.2) is 106 Å². The summed E-state index contributed by atoms with van der Waals surface area (Å²) in [7, 11) is 3.13. The maximum absolute atomic E-state index is 11.7. The van der Waals surface area contributed by atoms with E-state index >= 15 is 0 Å². The molecule has 4 atom stereocenters. The Morgan fingerprint density at radius 1 is 1.16 bits per heavy atom. The van der Waals surface area contributed by atoms with Gasteiger partial charge in [0.15, 0.2) is 0 Å². The number of carbonyl (C=O) groups is 1. The summed E-state index contributed by atoms with van der Waals surface area (Å²) in [6, 6.07) is 7.62. The van der Waals surface area contributed by atoms with Crippen molar-refractivity contribution >= 4 is 36.4 Å². The number of nitrogens with zero attached hydrogens (tertiary/aromatic N) is 2. The molecule has 0 saturated carbocycles. The van der Waals surface area contributed by atoms with Crippen LogP contribution in [0.25, 0.3) is 0 Å². The molecule has 3 N–H and O–H groups in total. The minimum absolute atomic E-state index is 0. The van der Waals surface area contributed by atoms with E-state index in [0.717, 1.165) is 37.6 Å². The summed E-state index contributed by atoms with van der Waals surface area (Å²) in [4.78, 5) is 16.2. The number of aliphatic hydroxyl groups is 2. The Morgan fingerprint density at radius 3 is 2.45 bits per heavy atom. The third-order valence-corrected chi connectivity index (χ3v) is 5.58. The van der Waals surface area contributed by atoms with Gasteiger partial charge in [-0.15, -0.1) is 24.8 Å². The summed E-state index contributed by atoms with van der Waals surface area (Å²) in [5.74, 6) is 0.599. The van der Waals surface area contributed by atoms with Crippen molar-refractivity contribution in [3.63, 3.8) is 0 Å². The third kappa shape index (κ3) is 6.58. The molecule has 0 radical (unpaired) electrons. The largest absolute Gasteiger partial charge is 0.495 e. The number of methoxy groups -OCH3 is 2. The van der Waals surface area contributed by atoms with E-state index in [2.05, 4.69) is 15.1 Å². The highest BCUT2D eigenvalue weighted by atomic mass is 35.5. The molecule has 1 amide bonds. The van der Waals surface area contributed by atoms with Gasteiger partial charge in [0.05, 0.1) is 31.5 Å². The van der Waals surface area contributed by atoms with E-state index in [1.54, 1.807) is 7.11 Å². The first-order valence-corrected chi connectivity index (χ1v) is 9.91. The molecule has 31 heavy (non-hydrogen) atoms. The molecule has 2 fully saturated rings. The molecular formula is C20H33Cl2N3O6. The predicted octanol–water partition coefficient (Wildman–Crippen LogP) is -0.0874. The number of halogens is 2. The highest BCUT2D eigenvalue weighted by molar-refractivity contribution is 5.85. The number of nitrogens with one attached hydrogen (secondary N) is 1. The highest BCUT2D eigenvalue weighted by Gasteiger charge is 2.46. The van der Waals surface area contributed by atoms with Crippen molar-refractivity contribution in [1.82, 2.24) is 10.2 Å². The second-order valence-electron chi connectivity index (χ2n) is 7.31. The molecule has 0 bridgehead atoms. The molecule has 0 spiro atoms. The van der Waals surface area contributed by atoms with Crippen molar-refractivity contribution < 1.29 is 29.2 Å². The van der Waals surface area contributed by atoms with Crippen molar-refractivity contribution in [1.29, 1.82) is 0 Å². The number of carbonyl (C=O) groups excluding carboxylic acids is 1. The lowest BCUT2D eigenvalue weighted by Gasteiger charge is -2.41. The second-order valence-corrected chi connectivity index (χ2v) is 7.31. The second kappa shape index (κ2) is 13.3. The van der Waals surface area contributed by atoms with Crippen molar-refractivity contribution in [2.75, 3.05) is 65.1 Å². The van der Waals surface area contributed by atoms with E-state index < -0.39 is 18.3 Å². The minimum Gasteiger partial charge on any atom is -0.495 e. The van der Waals surface area contributed by atoms with Gasteiger partial charge in [-0.25, -0.2) is 0 Å². The average Bonchev–Trinajstić information content (AvgIpc) is 3.08. The maximum atomic E-state index is 11.7. The van der Waals surface area contributed by atoms with Crippen molar-refractivity contribution in [3.8, 4) is 5.75 Å². The molecule has 1 aromatic rings. The number of anilines is 1. The Morgan fingerprint density at radius 2 is 1.84 bits per heavy atom. The zero-order valence-electron chi connectivity index (χ0n) is 17.8. The lowest BCUT2D eigenvalue weighted by atomic mass is 10.0. The zero-order valence-corrected chi connectivity index (χ0v) is 19.4. The monoisotopic (exact) mass is 481 g/mol. The number of aliphatic hydroxyl groups excluding tert-OH is 2. The Kier molecular flexibility index (Phi) is 11.9. The summed E-state index contributed by atoms with van der Waals surface area (Å²) in [5.41, 5.74) is 1.05. The Labute approximate surface area is 195 Å². The average molecular weight is 482 g/mol. The smallest absolute Gasteiger partial charge is 0.246 e. The van der Waals surface area contributed by atoms with Gasteiger partial charge in [-0.2, -0.15) is 0 Å². The predicted molar refractivity (Wildman–Crippen MR) is 122 cm³/mol. The normalized spacial score (nSPS) is 26.0. The molecule has 2 aliphatic heterocycles. The van der Waals surface area contributed by atoms with Gasteiger partial charge in [0, 0.05) is 39.8 Å². The van der Waals surface area contributed by atoms with Gasteiger partial charge in [0.2, 0.25) is 5.91 Å². The van der Waals surface area contributed by atoms with Crippen LogP contribution in [0.3, 0.4) is 0 Å². The van der Waals surface area contributed by atoms with Gasteiger partial charge >= 0.3 is 0 Å². The minimum atomic E-state index is -0.817. The molecular weight excluding hydrogens is 449 g/mol. The first-order chi connectivity index (χ1) is 14.1. The molecule has 0 aromatic heterocycles. The van der Waals surface area contributed by atoms with Gasteiger partial charge in [0.25, 0.3) is 0 Å². The van der Waals surface area contributed by atoms with Crippen LogP contribution >= 0.6 is 24.8 Å². The van der Waals surface area contributed by atoms with Gasteiger partial charge in [0.1, 0.15) is 24.6 Å². The molecule has 3 rings (SSSR count). The quantitative estimate of drug-likeness (QED) is 0.473. The molecule has 2 saturated heterocycles. The summed E-state index contributed by atoms with van der Waals surface area (Å²) in [5, 5.41) is 23.0. The topological polar surface area (TPSA) is 104 Å². The van der Waals surface area contributed by atoms with E-state index in [0.29, 0.717) is 0 Å². The molecule has 2 heterocycles. The molecule has 11 heteroatoms. The lowest BCUT2D eigenvalue weighted by molar-refractivity contribution is -0.125. The van der Waals surface area contributed by atoms with E-state index in [-0.39, 0.29) is 56.5 Å². The number of rotatable bonds is 8. The Bertz CT molecular complexity index is 678. The molecule has 1 aromatic carbocycles. The third-order valence-electron chi connectivity index (χ3n) is 5.58. The van der Waals surface area contributed by atoms with Gasteiger partial charge in [-0.3, -0.25) is 9.69 Å². The van der Waals surface area contributed by atoms with E-state index in [1.807, 2.05) is 24.3 Å². The number of benzene rings is 1. The summed E-state index contributed by atoms with van der Waals surface area (Å²) in [6.45, 7) is 2.97. The molecule has 9 nitrogen and oxygen atoms in total. The van der Waals surface area contributed by atoms with Crippen molar-refractivity contribution in [2.45, 2.75) is 24.4 Å². The highest BCUT2D eigenvalue weighted by Crippen LogP contribution is 2.31. The SMILES string of the molecule is COCC(=O)NC[C@H]1O[C@@H](CO)[C@@H](O)[C@H]1N1CCN(c2ccccc2OC)CC1.Cl.Cl. The number of ether oxygens (including phenoxy) is 3. The fourth-order valence-corrected chi connectivity index (χ4v) is 4.14. The van der Waals surface area contributed by atoms with Crippen LogP contribution in [0, 0.1) is 0 Å². The molecule has 2 aliphatic rings. The lowest BCUT2D eigenvalue weighted by Crippen LogP contribution is -2.57. The summed E-state index contributed by atoms with van der Waals surface area (Å²) < 4.78 is 16.1. The van der Waals surface area contributed by atoms with Crippen LogP contribution in [0.2, 0.25) is 0 Å². The van der Waals surface area contributed by atoms with E-state index in [1.165, 1.54) is 7.11 Å². The van der Waals surface area contributed by atoms with E-state index in [4.69, 9.17) is 14.2 Å². The summed E-state index contributed by atoms with van der Waals surface area (Å²) >= 11 is 0. The van der Waals surface area contributed by atoms with Crippen LogP contribution in [-0.2, 0) is 14.3 Å². The van der Waals surface area contributed by atoms with Gasteiger partial charge in [-0.05, 0) is 12.1 Å². The number of amides is 1. The van der Waals surface area contributed by atoms with Crippen LogP contribution < -0.4 is 15.0 Å². The maximum Gasteiger partial charge on any atom is 0.246 e. The van der Waals surface area contributed by atoms with E-state index in [9.17, 15) is 15.0 Å². The van der Waals surface area contributed by atoms with Gasteiger partial charge < -0.3 is 34.6 Å². The number of hydrogen-bond acceptors (Lipinski definition) is 8. The first-order valence-electron chi connectivity index (χ1n) is 9.91. The van der Waals surface area contributed by atoms with Crippen LogP contribution in [0.4, 0.5) is 5.69 Å². The first kappa shape index (κ1) is 27.7. The molecule has 0 aliphatic carbocycles. The van der Waals surface area contributed by atoms with Crippen LogP contribution in [0.1, 0.15) is 0 Å². The van der Waals surface area contributed by atoms with Gasteiger partial charge in [-0.1, -0.05) is 12.1 Å². The van der Waals surface area contributed by atoms with Crippen LogP contribution in [0.5, 0.6) is 5.75 Å². The molecule has 178 valence electrons. The fraction of sp³-hybridized carbons (Fsp3) is 0.650. The standard InChI is InChI=1S/C20H31N3O6.2ClH/c1-27-13-18(25)21-11-16-19(20(26)17(12-24)29-16)23-9-7-22(8-10-23)14-5-3-4-6-15(14)28-2;;/h3-6,16-17,19-20,24,26H,7-13H2,1-2H3,(H,21,25);2*1H/t16-,17+,19+,20-;;/m1../s1. The number of hydrogen-bond donors (Lipinski definition) is 3. The fourth-order valence-electron chi connectivity index (χ4n) is 4.14. The Balaban J connectivity index is 0.00000240. The van der Waals surface area contributed by atoms with Crippen molar-refractivity contribution in [3.05, 3.63) is 24.3 Å².